The standard InChI is InChI=1S/C16H17N3O4/c1-17-8-9-3-4-10-11(7-9)15(22)19(14(10)21)12-5-6-13(20)18(2)16(12)23/h3-4,7,12,17H,5-6,8H2,1-2H3. The van der Waals surface area contributed by atoms with Gasteiger partial charge in [-0.15, -0.1) is 0 Å². The minimum absolute atomic E-state index is 0.144. The number of benzene rings is 1. The number of piperidine rings is 1. The van der Waals surface area contributed by atoms with Gasteiger partial charge in [0.15, 0.2) is 0 Å². The molecule has 2 aliphatic heterocycles. The average molecular weight is 315 g/mol. The molecule has 4 amide bonds. The number of nitrogens with one attached hydrogen (secondary N) is 1. The molecule has 7 heteroatoms. The maximum Gasteiger partial charge on any atom is 0.262 e. The first-order valence-electron chi connectivity index (χ1n) is 7.41. The van der Waals surface area contributed by atoms with Crippen molar-refractivity contribution in [3.63, 3.8) is 0 Å². The summed E-state index contributed by atoms with van der Waals surface area (Å²) in [5.41, 5.74) is 1.51. The van der Waals surface area contributed by atoms with Crippen LogP contribution in [0.3, 0.4) is 0 Å². The second kappa shape index (κ2) is 5.58. The van der Waals surface area contributed by atoms with Crippen molar-refractivity contribution in [2.24, 2.45) is 0 Å². The highest BCUT2D eigenvalue weighted by atomic mass is 16.2. The number of rotatable bonds is 3. The predicted molar refractivity (Wildman–Crippen MR) is 80.5 cm³/mol. The lowest BCUT2D eigenvalue weighted by atomic mass is 10.0. The highest BCUT2D eigenvalue weighted by molar-refractivity contribution is 6.23. The molecule has 2 heterocycles. The topological polar surface area (TPSA) is 86.8 Å². The normalized spacial score (nSPS) is 21.2. The number of fused-ring (bicyclic) bond motifs is 1. The first-order valence-corrected chi connectivity index (χ1v) is 7.41. The Morgan fingerprint density at radius 1 is 1.13 bits per heavy atom. The Morgan fingerprint density at radius 3 is 2.52 bits per heavy atom. The summed E-state index contributed by atoms with van der Waals surface area (Å²) in [7, 11) is 3.17. The third kappa shape index (κ3) is 2.33. The molecular weight excluding hydrogens is 298 g/mol. The highest BCUT2D eigenvalue weighted by Crippen LogP contribution is 2.29. The number of carbonyl (C=O) groups excluding carboxylic acids is 4. The van der Waals surface area contributed by atoms with E-state index in [0.29, 0.717) is 17.7 Å². The Balaban J connectivity index is 1.94. The molecular formula is C16H17N3O4. The number of nitrogens with zero attached hydrogens (tertiary/aromatic N) is 2. The van der Waals surface area contributed by atoms with E-state index < -0.39 is 23.8 Å². The lowest BCUT2D eigenvalue weighted by molar-refractivity contribution is -0.149. The molecule has 1 atom stereocenters. The Labute approximate surface area is 133 Å². The number of carbonyl (C=O) groups is 4. The van der Waals surface area contributed by atoms with Crippen LogP contribution in [0, 0.1) is 0 Å². The van der Waals surface area contributed by atoms with E-state index in [4.69, 9.17) is 0 Å². The molecule has 0 aliphatic carbocycles. The second-order valence-electron chi connectivity index (χ2n) is 5.74. The van der Waals surface area contributed by atoms with Crippen molar-refractivity contribution in [2.45, 2.75) is 25.4 Å². The van der Waals surface area contributed by atoms with Gasteiger partial charge in [-0.3, -0.25) is 29.0 Å². The number of hydrogen-bond acceptors (Lipinski definition) is 5. The minimum Gasteiger partial charge on any atom is -0.316 e. The summed E-state index contributed by atoms with van der Waals surface area (Å²) < 4.78 is 0. The lowest BCUT2D eigenvalue weighted by Gasteiger charge is -2.32. The molecule has 1 unspecified atom stereocenters. The van der Waals surface area contributed by atoms with Gasteiger partial charge in [-0.2, -0.15) is 0 Å². The molecule has 0 aromatic heterocycles. The Kier molecular flexibility index (Phi) is 3.73. The third-order valence-corrected chi connectivity index (χ3v) is 4.30. The van der Waals surface area contributed by atoms with Crippen molar-refractivity contribution in [3.8, 4) is 0 Å². The van der Waals surface area contributed by atoms with E-state index in [1.54, 1.807) is 25.2 Å². The Bertz CT molecular complexity index is 728. The van der Waals surface area contributed by atoms with Gasteiger partial charge in [0.1, 0.15) is 6.04 Å². The maximum atomic E-state index is 12.6. The van der Waals surface area contributed by atoms with E-state index in [1.165, 1.54) is 7.05 Å². The van der Waals surface area contributed by atoms with Gasteiger partial charge in [0, 0.05) is 20.0 Å². The summed E-state index contributed by atoms with van der Waals surface area (Å²) in [6, 6.07) is 4.17. The Morgan fingerprint density at radius 2 is 1.83 bits per heavy atom. The van der Waals surface area contributed by atoms with Crippen LogP contribution in [-0.2, 0) is 16.1 Å². The van der Waals surface area contributed by atoms with Crippen LogP contribution in [0.4, 0.5) is 0 Å². The fourth-order valence-electron chi connectivity index (χ4n) is 3.04. The zero-order valence-corrected chi connectivity index (χ0v) is 13.0. The van der Waals surface area contributed by atoms with E-state index >= 15 is 0 Å². The zero-order chi connectivity index (χ0) is 16.7. The zero-order valence-electron chi connectivity index (χ0n) is 13.0. The fraction of sp³-hybridized carbons (Fsp3) is 0.375. The molecule has 0 saturated carbocycles. The molecule has 3 rings (SSSR count). The van der Waals surface area contributed by atoms with Crippen molar-refractivity contribution in [3.05, 3.63) is 34.9 Å². The van der Waals surface area contributed by atoms with Gasteiger partial charge in [-0.25, -0.2) is 0 Å². The van der Waals surface area contributed by atoms with Crippen LogP contribution in [0.5, 0.6) is 0 Å². The number of likely N-dealkylation sites (tertiary alicyclic amines) is 1. The van der Waals surface area contributed by atoms with Crippen LogP contribution in [0.15, 0.2) is 18.2 Å². The van der Waals surface area contributed by atoms with Crippen molar-refractivity contribution >= 4 is 23.6 Å². The van der Waals surface area contributed by atoms with Gasteiger partial charge in [-0.1, -0.05) is 6.07 Å². The average Bonchev–Trinajstić information content (AvgIpc) is 2.78. The van der Waals surface area contributed by atoms with E-state index in [-0.39, 0.29) is 18.7 Å². The monoisotopic (exact) mass is 315 g/mol. The predicted octanol–water partition coefficient (Wildman–Crippen LogP) is 0.149. The summed E-state index contributed by atoms with van der Waals surface area (Å²) in [6.45, 7) is 0.578. The summed E-state index contributed by atoms with van der Waals surface area (Å²) in [6.07, 6.45) is 0.322. The third-order valence-electron chi connectivity index (χ3n) is 4.30. The molecule has 1 saturated heterocycles. The van der Waals surface area contributed by atoms with Gasteiger partial charge in [0.2, 0.25) is 5.91 Å². The number of hydrogen-bond donors (Lipinski definition) is 1. The van der Waals surface area contributed by atoms with Crippen LogP contribution < -0.4 is 5.32 Å². The molecule has 1 fully saturated rings. The molecule has 0 spiro atoms. The van der Waals surface area contributed by atoms with Gasteiger partial charge in [0.25, 0.3) is 17.7 Å². The molecule has 0 bridgehead atoms. The van der Waals surface area contributed by atoms with Gasteiger partial charge >= 0.3 is 0 Å². The molecule has 1 aromatic carbocycles. The molecule has 1 aromatic rings. The smallest absolute Gasteiger partial charge is 0.262 e. The molecule has 7 nitrogen and oxygen atoms in total. The van der Waals surface area contributed by atoms with E-state index in [0.717, 1.165) is 15.4 Å². The number of amides is 4. The summed E-state index contributed by atoms with van der Waals surface area (Å²) in [4.78, 5) is 51.0. The van der Waals surface area contributed by atoms with E-state index in [2.05, 4.69) is 5.32 Å². The number of likely N-dealkylation sites (N-methyl/N-ethyl adjacent to an activating group) is 1. The van der Waals surface area contributed by atoms with E-state index in [1.807, 2.05) is 0 Å². The molecule has 0 radical (unpaired) electrons. The minimum atomic E-state index is -0.905. The molecule has 1 N–H and O–H groups in total. The lowest BCUT2D eigenvalue weighted by Crippen LogP contribution is -2.54. The van der Waals surface area contributed by atoms with Crippen LogP contribution in [0.25, 0.3) is 0 Å². The first-order chi connectivity index (χ1) is 11.0. The maximum absolute atomic E-state index is 12.6. The van der Waals surface area contributed by atoms with Gasteiger partial charge in [0.05, 0.1) is 11.1 Å². The quantitative estimate of drug-likeness (QED) is 0.802. The number of imide groups is 2. The van der Waals surface area contributed by atoms with Crippen molar-refractivity contribution < 1.29 is 19.2 Å². The highest BCUT2D eigenvalue weighted by Gasteiger charge is 2.46. The van der Waals surface area contributed by atoms with Crippen molar-refractivity contribution in [2.75, 3.05) is 14.1 Å². The van der Waals surface area contributed by atoms with Crippen LogP contribution in [-0.4, -0.2) is 53.6 Å². The fourth-order valence-corrected chi connectivity index (χ4v) is 3.04. The van der Waals surface area contributed by atoms with E-state index in [9.17, 15) is 19.2 Å². The van der Waals surface area contributed by atoms with Crippen molar-refractivity contribution in [1.29, 1.82) is 0 Å². The van der Waals surface area contributed by atoms with Gasteiger partial charge < -0.3 is 5.32 Å². The summed E-state index contributed by atoms with van der Waals surface area (Å²) >= 11 is 0. The SMILES string of the molecule is CNCc1ccc2c(c1)C(=O)N(C1CCC(=O)N(C)C1=O)C2=O. The first kappa shape index (κ1) is 15.4. The van der Waals surface area contributed by atoms with Crippen LogP contribution >= 0.6 is 0 Å². The van der Waals surface area contributed by atoms with Crippen molar-refractivity contribution in [1.82, 2.24) is 15.1 Å². The van der Waals surface area contributed by atoms with Crippen LogP contribution in [0.2, 0.25) is 0 Å². The molecule has 23 heavy (non-hydrogen) atoms. The Hall–Kier alpha value is -2.54. The summed E-state index contributed by atoms with van der Waals surface area (Å²) in [5, 5.41) is 2.99. The van der Waals surface area contributed by atoms with Gasteiger partial charge in [-0.05, 0) is 31.2 Å². The molecule has 2 aliphatic rings. The largest absolute Gasteiger partial charge is 0.316 e. The van der Waals surface area contributed by atoms with Crippen LogP contribution in [0.1, 0.15) is 39.1 Å². The molecule has 120 valence electrons. The second-order valence-corrected chi connectivity index (χ2v) is 5.74. The summed E-state index contributed by atoms with van der Waals surface area (Å²) in [5.74, 6) is -1.74.